The molecule has 2 aromatic rings. The first-order valence-electron chi connectivity index (χ1n) is 18.7. The Kier molecular flexibility index (Phi) is 15.2. The van der Waals surface area contributed by atoms with Crippen LogP contribution in [0.4, 0.5) is 16.2 Å². The van der Waals surface area contributed by atoms with E-state index < -0.39 is 40.1 Å². The number of ether oxygens (including phenoxy) is 2. The van der Waals surface area contributed by atoms with Crippen molar-refractivity contribution >= 4 is 56.9 Å². The van der Waals surface area contributed by atoms with Crippen molar-refractivity contribution in [1.82, 2.24) is 9.21 Å². The van der Waals surface area contributed by atoms with E-state index in [1.54, 1.807) is 30.0 Å². The van der Waals surface area contributed by atoms with E-state index in [0.29, 0.717) is 25.1 Å². The number of hydrogen-bond acceptors (Lipinski definition) is 9. The lowest BCUT2D eigenvalue weighted by Crippen LogP contribution is -2.58. The van der Waals surface area contributed by atoms with Gasteiger partial charge in [-0.15, -0.1) is 11.8 Å². The number of sulfonamides is 1. The van der Waals surface area contributed by atoms with Crippen molar-refractivity contribution in [1.29, 1.82) is 0 Å². The Morgan fingerprint density at radius 2 is 1.67 bits per heavy atom. The zero-order valence-corrected chi connectivity index (χ0v) is 33.2. The minimum atomic E-state index is -4.25. The maximum Gasteiger partial charge on any atom is 0.418 e. The molecule has 1 saturated heterocycles. The van der Waals surface area contributed by atoms with Gasteiger partial charge in [-0.2, -0.15) is 0 Å². The second-order valence-corrected chi connectivity index (χ2v) is 17.3. The van der Waals surface area contributed by atoms with Crippen LogP contribution in [0.5, 0.6) is 0 Å². The lowest BCUT2D eigenvalue weighted by molar-refractivity contribution is -0.133. The van der Waals surface area contributed by atoms with Crippen LogP contribution in [0.15, 0.2) is 57.2 Å². The molecule has 13 heteroatoms. The molecule has 0 radical (unpaired) electrons. The normalized spacial score (nSPS) is 17.5. The fourth-order valence-corrected chi connectivity index (χ4v) is 8.66. The van der Waals surface area contributed by atoms with E-state index in [0.717, 1.165) is 70.4 Å². The van der Waals surface area contributed by atoms with Gasteiger partial charge in [-0.25, -0.2) is 23.1 Å². The standard InChI is InChI=1S/C39H56N4O7S2/c1-7-10-13-16-26-51-32-22-21-28(39(4,5)6)27-30(32)41-36(44)34(43-37(45)31(19-11-8-2)50-38(43)46)35-40-29-18-14-15-20-33(29)52(47,48)42(35)23-17-25-49-24-12-9-3/h14-15,18,20-22,27,31,34H,7-13,16-17,19,23-26H2,1-6H3,(H,41,44). The third kappa shape index (κ3) is 10.2. The van der Waals surface area contributed by atoms with Gasteiger partial charge in [-0.1, -0.05) is 91.8 Å². The molecule has 52 heavy (non-hydrogen) atoms. The van der Waals surface area contributed by atoms with Crippen molar-refractivity contribution in [3.8, 4) is 0 Å². The summed E-state index contributed by atoms with van der Waals surface area (Å²) in [6, 6.07) is 10.5. The van der Waals surface area contributed by atoms with Crippen LogP contribution in [0.3, 0.4) is 0 Å². The van der Waals surface area contributed by atoms with Gasteiger partial charge in [-0.05, 0) is 73.1 Å². The highest BCUT2D eigenvalue weighted by Gasteiger charge is 2.52. The van der Waals surface area contributed by atoms with E-state index in [2.05, 4.69) is 39.9 Å². The summed E-state index contributed by atoms with van der Waals surface area (Å²) in [5, 5.41) is 3.02. The number of unbranched alkanes of at least 4 members (excludes halogenated alkanes) is 5. The van der Waals surface area contributed by atoms with Gasteiger partial charge in [0.25, 0.3) is 21.8 Å². The predicted octanol–water partition coefficient (Wildman–Crippen LogP) is 8.44. The molecule has 2 atom stereocenters. The third-order valence-corrected chi connectivity index (χ3v) is 12.1. The highest BCUT2D eigenvalue weighted by atomic mass is 32.2. The van der Waals surface area contributed by atoms with Crippen LogP contribution in [-0.2, 0) is 34.5 Å². The molecule has 286 valence electrons. The van der Waals surface area contributed by atoms with Gasteiger partial charge in [0.15, 0.2) is 18.0 Å². The number of imide groups is 1. The van der Waals surface area contributed by atoms with Gasteiger partial charge >= 0.3 is 6.09 Å². The highest BCUT2D eigenvalue weighted by molar-refractivity contribution is 7.99. The van der Waals surface area contributed by atoms with Gasteiger partial charge in [0.1, 0.15) is 4.90 Å². The van der Waals surface area contributed by atoms with Crippen molar-refractivity contribution in [3.05, 3.63) is 48.0 Å². The second kappa shape index (κ2) is 19.1. The smallest absolute Gasteiger partial charge is 0.418 e. The first-order valence-corrected chi connectivity index (χ1v) is 21.2. The maximum atomic E-state index is 14.8. The molecule has 2 aliphatic heterocycles. The minimum absolute atomic E-state index is 0.0272. The number of benzene rings is 2. The monoisotopic (exact) mass is 756 g/mol. The van der Waals surface area contributed by atoms with Crippen molar-refractivity contribution in [2.24, 2.45) is 4.99 Å². The number of thioether (sulfide) groups is 1. The zero-order chi connectivity index (χ0) is 37.9. The lowest BCUT2D eigenvalue weighted by Gasteiger charge is -2.35. The number of anilines is 1. The molecule has 3 amide bonds. The van der Waals surface area contributed by atoms with E-state index in [9.17, 15) is 22.8 Å². The van der Waals surface area contributed by atoms with E-state index >= 15 is 0 Å². The number of amides is 3. The number of rotatable bonds is 20. The molecule has 0 saturated carbocycles. The van der Waals surface area contributed by atoms with Crippen LogP contribution in [0.2, 0.25) is 0 Å². The van der Waals surface area contributed by atoms with Crippen molar-refractivity contribution in [3.63, 3.8) is 0 Å². The number of nitrogens with zero attached hydrogens (tertiary/aromatic N) is 3. The van der Waals surface area contributed by atoms with E-state index in [4.69, 9.17) is 14.5 Å². The zero-order valence-electron chi connectivity index (χ0n) is 31.6. The SMILES string of the molecule is CCCCCCSc1ccc(C(C)(C)C)cc1NC(=O)C(C1=Nc2ccccc2S(=O)(=O)N1CCCOCCCC)N1C(=O)OC(CCCC)C1=O. The van der Waals surface area contributed by atoms with Gasteiger partial charge in [-0.3, -0.25) is 13.9 Å². The first-order chi connectivity index (χ1) is 24.8. The van der Waals surface area contributed by atoms with E-state index in [-0.39, 0.29) is 41.4 Å². The van der Waals surface area contributed by atoms with Gasteiger partial charge < -0.3 is 14.8 Å². The Morgan fingerprint density at radius 1 is 0.962 bits per heavy atom. The van der Waals surface area contributed by atoms with Crippen molar-refractivity contribution < 1.29 is 32.3 Å². The molecule has 0 aliphatic carbocycles. The Morgan fingerprint density at radius 3 is 2.38 bits per heavy atom. The van der Waals surface area contributed by atoms with Gasteiger partial charge in [0, 0.05) is 24.7 Å². The summed E-state index contributed by atoms with van der Waals surface area (Å²) in [4.78, 5) is 48.7. The molecule has 0 bridgehead atoms. The van der Waals surface area contributed by atoms with Crippen LogP contribution in [0.25, 0.3) is 0 Å². The Balaban J connectivity index is 1.81. The number of amidine groups is 1. The fourth-order valence-electron chi connectivity index (χ4n) is 6.04. The quantitative estimate of drug-likeness (QED) is 0.105. The summed E-state index contributed by atoms with van der Waals surface area (Å²) in [6.07, 6.45) is 6.07. The van der Waals surface area contributed by atoms with Crippen LogP contribution >= 0.6 is 11.8 Å². The number of para-hydroxylation sites is 1. The average Bonchev–Trinajstić information content (AvgIpc) is 3.38. The Hall–Kier alpha value is -3.42. The number of nitrogens with one attached hydrogen (secondary N) is 1. The predicted molar refractivity (Wildman–Crippen MR) is 207 cm³/mol. The minimum Gasteiger partial charge on any atom is -0.436 e. The number of aliphatic imine (C=N–C) groups is 1. The molecular weight excluding hydrogens is 701 g/mol. The molecule has 0 spiro atoms. The molecule has 0 aromatic heterocycles. The Bertz CT molecular complexity index is 1690. The number of carbonyl (C=O) groups is 3. The van der Waals surface area contributed by atoms with Crippen LogP contribution < -0.4 is 5.32 Å². The maximum absolute atomic E-state index is 14.8. The van der Waals surface area contributed by atoms with Crippen LogP contribution in [-0.4, -0.2) is 79.0 Å². The molecule has 2 aromatic carbocycles. The molecule has 2 unspecified atom stereocenters. The van der Waals surface area contributed by atoms with E-state index in [1.807, 2.05) is 25.1 Å². The molecule has 4 rings (SSSR count). The van der Waals surface area contributed by atoms with Crippen LogP contribution in [0, 0.1) is 0 Å². The highest BCUT2D eigenvalue weighted by Crippen LogP contribution is 2.37. The summed E-state index contributed by atoms with van der Waals surface area (Å²) in [5.41, 5.74) is 1.36. The summed E-state index contributed by atoms with van der Waals surface area (Å²) in [5.74, 6) is -0.869. The Labute approximate surface area is 314 Å². The third-order valence-electron chi connectivity index (χ3n) is 9.10. The summed E-state index contributed by atoms with van der Waals surface area (Å²) in [6.45, 7) is 13.1. The van der Waals surface area contributed by atoms with Crippen LogP contribution in [0.1, 0.15) is 111 Å². The van der Waals surface area contributed by atoms with Crippen molar-refractivity contribution in [2.45, 2.75) is 133 Å². The average molecular weight is 757 g/mol. The summed E-state index contributed by atoms with van der Waals surface area (Å²) >= 11 is 1.62. The van der Waals surface area contributed by atoms with Gasteiger partial charge in [0.2, 0.25) is 0 Å². The van der Waals surface area contributed by atoms with Gasteiger partial charge in [0.05, 0.1) is 11.4 Å². The molecule has 1 fully saturated rings. The number of cyclic esters (lactones) is 1. The number of fused-ring (bicyclic) bond motifs is 1. The topological polar surface area (TPSA) is 135 Å². The van der Waals surface area contributed by atoms with Crippen molar-refractivity contribution in [2.75, 3.05) is 30.8 Å². The fraction of sp³-hybridized carbons (Fsp3) is 0.590. The number of carbonyl (C=O) groups excluding carboxylic acids is 3. The van der Waals surface area contributed by atoms with E-state index in [1.165, 1.54) is 6.07 Å². The summed E-state index contributed by atoms with van der Waals surface area (Å²) < 4.78 is 40.9. The molecule has 11 nitrogen and oxygen atoms in total. The number of hydrogen-bond donors (Lipinski definition) is 1. The molecule has 1 N–H and O–H groups in total. The largest absolute Gasteiger partial charge is 0.436 e. The first kappa shape index (κ1) is 41.3. The molecule has 2 heterocycles. The summed E-state index contributed by atoms with van der Waals surface area (Å²) in [7, 11) is -4.25. The second-order valence-electron chi connectivity index (χ2n) is 14.3. The lowest BCUT2D eigenvalue weighted by atomic mass is 9.87. The molecular formula is C39H56N4O7S2. The molecule has 2 aliphatic rings.